The van der Waals surface area contributed by atoms with Crippen LogP contribution in [0.4, 0.5) is 15.8 Å². The standard InChI is InChI=1S/C16H14FN3O3S/c1-10(21)19-15-9-12(5-6-13(15)17)24(22,23)20-14-4-2-3-11-7-8-18-16(11)14/h2-9,18,20H,1H3,(H,19,21). The van der Waals surface area contributed by atoms with Gasteiger partial charge in [0.05, 0.1) is 21.8 Å². The molecule has 24 heavy (non-hydrogen) atoms. The summed E-state index contributed by atoms with van der Waals surface area (Å²) in [5.41, 5.74) is 0.830. The van der Waals surface area contributed by atoms with Crippen molar-refractivity contribution in [2.24, 2.45) is 0 Å². The summed E-state index contributed by atoms with van der Waals surface area (Å²) in [7, 11) is -3.95. The van der Waals surface area contributed by atoms with Gasteiger partial charge in [0.2, 0.25) is 5.91 Å². The fourth-order valence-electron chi connectivity index (χ4n) is 2.33. The van der Waals surface area contributed by atoms with Crippen molar-refractivity contribution in [3.63, 3.8) is 0 Å². The van der Waals surface area contributed by atoms with Crippen LogP contribution in [0.3, 0.4) is 0 Å². The molecule has 124 valence electrons. The van der Waals surface area contributed by atoms with Crippen molar-refractivity contribution in [2.75, 3.05) is 10.0 Å². The van der Waals surface area contributed by atoms with Gasteiger partial charge in [-0.3, -0.25) is 9.52 Å². The molecular formula is C16H14FN3O3S. The molecule has 0 radical (unpaired) electrons. The zero-order chi connectivity index (χ0) is 17.3. The molecule has 0 aliphatic rings. The highest BCUT2D eigenvalue weighted by atomic mass is 32.2. The first-order valence-electron chi connectivity index (χ1n) is 7.03. The molecule has 3 N–H and O–H groups in total. The summed E-state index contributed by atoms with van der Waals surface area (Å²) in [4.78, 5) is 13.9. The molecule has 3 aromatic rings. The van der Waals surface area contributed by atoms with Gasteiger partial charge in [-0.05, 0) is 30.3 Å². The van der Waals surface area contributed by atoms with Crippen molar-refractivity contribution >= 4 is 38.2 Å². The fraction of sp³-hybridized carbons (Fsp3) is 0.0625. The van der Waals surface area contributed by atoms with E-state index in [1.54, 1.807) is 18.3 Å². The van der Waals surface area contributed by atoms with Crippen molar-refractivity contribution in [3.05, 3.63) is 54.5 Å². The zero-order valence-electron chi connectivity index (χ0n) is 12.6. The van der Waals surface area contributed by atoms with E-state index in [0.29, 0.717) is 11.2 Å². The van der Waals surface area contributed by atoms with Crippen LogP contribution in [0.2, 0.25) is 0 Å². The summed E-state index contributed by atoms with van der Waals surface area (Å²) in [6.45, 7) is 1.21. The van der Waals surface area contributed by atoms with E-state index in [1.807, 2.05) is 12.1 Å². The van der Waals surface area contributed by atoms with Gasteiger partial charge in [-0.1, -0.05) is 12.1 Å². The Labute approximate surface area is 137 Å². The third-order valence-corrected chi connectivity index (χ3v) is 4.75. The number of hydrogen-bond acceptors (Lipinski definition) is 3. The summed E-state index contributed by atoms with van der Waals surface area (Å²) in [6, 6.07) is 10.2. The largest absolute Gasteiger partial charge is 0.359 e. The van der Waals surface area contributed by atoms with Gasteiger partial charge < -0.3 is 10.3 Å². The van der Waals surface area contributed by atoms with Crippen molar-refractivity contribution < 1.29 is 17.6 Å². The number of halogens is 1. The number of H-pyrrole nitrogens is 1. The summed E-state index contributed by atoms with van der Waals surface area (Å²) in [5, 5.41) is 3.12. The van der Waals surface area contributed by atoms with E-state index in [9.17, 15) is 17.6 Å². The molecule has 0 saturated carbocycles. The number of fused-ring (bicyclic) bond motifs is 1. The molecule has 0 aliphatic heterocycles. The monoisotopic (exact) mass is 347 g/mol. The van der Waals surface area contributed by atoms with Gasteiger partial charge in [0, 0.05) is 18.5 Å². The van der Waals surface area contributed by atoms with E-state index < -0.39 is 21.7 Å². The molecule has 1 aromatic heterocycles. The number of carbonyl (C=O) groups is 1. The Balaban J connectivity index is 1.99. The molecular weight excluding hydrogens is 333 g/mol. The maximum absolute atomic E-state index is 13.7. The molecule has 0 bridgehead atoms. The molecule has 0 saturated heterocycles. The minimum Gasteiger partial charge on any atom is -0.359 e. The van der Waals surface area contributed by atoms with Gasteiger partial charge in [-0.15, -0.1) is 0 Å². The lowest BCUT2D eigenvalue weighted by molar-refractivity contribution is -0.114. The average molecular weight is 347 g/mol. The normalized spacial score (nSPS) is 11.4. The van der Waals surface area contributed by atoms with Crippen LogP contribution in [0.15, 0.2) is 53.6 Å². The Morgan fingerprint density at radius 2 is 1.92 bits per heavy atom. The lowest BCUT2D eigenvalue weighted by Gasteiger charge is -2.11. The summed E-state index contributed by atoms with van der Waals surface area (Å²) >= 11 is 0. The molecule has 6 nitrogen and oxygen atoms in total. The highest BCUT2D eigenvalue weighted by molar-refractivity contribution is 7.92. The van der Waals surface area contributed by atoms with Crippen molar-refractivity contribution in [1.29, 1.82) is 0 Å². The highest BCUT2D eigenvalue weighted by Gasteiger charge is 2.18. The number of para-hydroxylation sites is 1. The minimum atomic E-state index is -3.95. The lowest BCUT2D eigenvalue weighted by Crippen LogP contribution is -2.15. The molecule has 1 heterocycles. The fourth-order valence-corrected chi connectivity index (χ4v) is 3.43. The number of carbonyl (C=O) groups excluding carboxylic acids is 1. The Bertz CT molecular complexity index is 1030. The predicted molar refractivity (Wildman–Crippen MR) is 89.8 cm³/mol. The minimum absolute atomic E-state index is 0.156. The Hall–Kier alpha value is -2.87. The van der Waals surface area contributed by atoms with E-state index in [1.165, 1.54) is 6.92 Å². The van der Waals surface area contributed by atoms with E-state index in [0.717, 1.165) is 23.6 Å². The first-order chi connectivity index (χ1) is 11.4. The average Bonchev–Trinajstić information content (AvgIpc) is 2.98. The topological polar surface area (TPSA) is 91.1 Å². The van der Waals surface area contributed by atoms with Gasteiger partial charge in [-0.25, -0.2) is 12.8 Å². The van der Waals surface area contributed by atoms with Gasteiger partial charge in [0.25, 0.3) is 10.0 Å². The summed E-state index contributed by atoms with van der Waals surface area (Å²) in [5.74, 6) is -1.21. The van der Waals surface area contributed by atoms with Crippen LogP contribution in [-0.4, -0.2) is 19.3 Å². The first-order valence-corrected chi connectivity index (χ1v) is 8.51. The van der Waals surface area contributed by atoms with Gasteiger partial charge in [0.1, 0.15) is 5.82 Å². The van der Waals surface area contributed by atoms with Crippen LogP contribution in [0.1, 0.15) is 6.92 Å². The smallest absolute Gasteiger partial charge is 0.262 e. The molecule has 0 spiro atoms. The molecule has 3 rings (SSSR count). The molecule has 0 fully saturated rings. The van der Waals surface area contributed by atoms with E-state index >= 15 is 0 Å². The van der Waals surface area contributed by atoms with Gasteiger partial charge >= 0.3 is 0 Å². The lowest BCUT2D eigenvalue weighted by atomic mass is 10.2. The van der Waals surface area contributed by atoms with Crippen LogP contribution in [0.5, 0.6) is 0 Å². The van der Waals surface area contributed by atoms with E-state index in [4.69, 9.17) is 0 Å². The van der Waals surface area contributed by atoms with Crippen molar-refractivity contribution in [1.82, 2.24) is 4.98 Å². The van der Waals surface area contributed by atoms with Crippen LogP contribution in [-0.2, 0) is 14.8 Å². The number of rotatable bonds is 4. The third-order valence-electron chi connectivity index (χ3n) is 3.39. The second kappa shape index (κ2) is 5.97. The van der Waals surface area contributed by atoms with Gasteiger partial charge in [0.15, 0.2) is 0 Å². The van der Waals surface area contributed by atoms with Crippen LogP contribution >= 0.6 is 0 Å². The molecule has 2 aromatic carbocycles. The van der Waals surface area contributed by atoms with E-state index in [-0.39, 0.29) is 10.6 Å². The van der Waals surface area contributed by atoms with E-state index in [2.05, 4.69) is 15.0 Å². The third kappa shape index (κ3) is 3.09. The SMILES string of the molecule is CC(=O)Nc1cc(S(=O)(=O)Nc2cccc3cc[nH]c23)ccc1F. The number of anilines is 2. The Morgan fingerprint density at radius 3 is 2.67 bits per heavy atom. The summed E-state index contributed by atoms with van der Waals surface area (Å²) in [6.07, 6.45) is 1.70. The highest BCUT2D eigenvalue weighted by Crippen LogP contribution is 2.26. The number of amides is 1. The van der Waals surface area contributed by atoms with Crippen molar-refractivity contribution in [3.8, 4) is 0 Å². The Kier molecular flexibility index (Phi) is 3.98. The molecule has 0 aliphatic carbocycles. The number of aromatic amines is 1. The maximum Gasteiger partial charge on any atom is 0.262 e. The second-order valence-corrected chi connectivity index (χ2v) is 6.86. The molecule has 8 heteroatoms. The number of hydrogen-bond donors (Lipinski definition) is 3. The zero-order valence-corrected chi connectivity index (χ0v) is 13.4. The molecule has 0 unspecified atom stereocenters. The van der Waals surface area contributed by atoms with Crippen LogP contribution in [0.25, 0.3) is 10.9 Å². The van der Waals surface area contributed by atoms with Crippen LogP contribution in [0, 0.1) is 5.82 Å². The van der Waals surface area contributed by atoms with Gasteiger partial charge in [-0.2, -0.15) is 0 Å². The number of nitrogens with one attached hydrogen (secondary N) is 3. The molecule has 1 amide bonds. The number of aromatic nitrogens is 1. The maximum atomic E-state index is 13.7. The second-order valence-electron chi connectivity index (χ2n) is 5.18. The number of benzene rings is 2. The number of sulfonamides is 1. The Morgan fingerprint density at radius 1 is 1.12 bits per heavy atom. The summed E-state index contributed by atoms with van der Waals surface area (Å²) < 4.78 is 41.3. The molecule has 0 atom stereocenters. The van der Waals surface area contributed by atoms with Crippen LogP contribution < -0.4 is 10.0 Å². The quantitative estimate of drug-likeness (QED) is 0.677. The van der Waals surface area contributed by atoms with Crippen molar-refractivity contribution in [2.45, 2.75) is 11.8 Å². The predicted octanol–water partition coefficient (Wildman–Crippen LogP) is 3.07. The first kappa shape index (κ1) is 16.0.